The Hall–Kier alpha value is -2.95. The van der Waals surface area contributed by atoms with E-state index in [1.807, 2.05) is 31.2 Å². The highest BCUT2D eigenvalue weighted by Gasteiger charge is 2.14. The predicted molar refractivity (Wildman–Crippen MR) is 103 cm³/mol. The van der Waals surface area contributed by atoms with Crippen LogP contribution >= 0.6 is 11.6 Å². The summed E-state index contributed by atoms with van der Waals surface area (Å²) in [4.78, 5) is 11.9. The van der Waals surface area contributed by atoms with Crippen LogP contribution in [0.3, 0.4) is 0 Å². The van der Waals surface area contributed by atoms with E-state index in [0.717, 1.165) is 11.3 Å². The number of rotatable bonds is 5. The maximum Gasteiger partial charge on any atom is 0.296 e. The van der Waals surface area contributed by atoms with E-state index in [2.05, 4.69) is 25.6 Å². The van der Waals surface area contributed by atoms with Gasteiger partial charge in [-0.2, -0.15) is 23.4 Å². The maximum absolute atomic E-state index is 11.2. The smallest absolute Gasteiger partial charge is 0.296 e. The Morgan fingerprint density at radius 3 is 2.33 bits per heavy atom. The molecule has 0 bridgehead atoms. The molecule has 0 radical (unpaired) electrons. The van der Waals surface area contributed by atoms with Crippen molar-refractivity contribution in [3.63, 3.8) is 0 Å². The number of aryl methyl sites for hydroxylation is 1. The summed E-state index contributed by atoms with van der Waals surface area (Å²) in [5.41, 5.74) is 7.76. The first-order valence-electron chi connectivity index (χ1n) is 7.60. The third-order valence-corrected chi connectivity index (χ3v) is 4.64. The van der Waals surface area contributed by atoms with Crippen LogP contribution in [-0.4, -0.2) is 27.9 Å². The van der Waals surface area contributed by atoms with Gasteiger partial charge in [-0.3, -0.25) is 4.55 Å². The molecule has 0 spiro atoms. The first-order chi connectivity index (χ1) is 12.7. The Balaban J connectivity index is 1.87. The zero-order valence-electron chi connectivity index (χ0n) is 14.0. The average Bonchev–Trinajstić information content (AvgIpc) is 2.55. The summed E-state index contributed by atoms with van der Waals surface area (Å²) in [5.74, 6) is 0.361. The second-order valence-electron chi connectivity index (χ2n) is 5.54. The molecule has 11 heteroatoms. The number of hydrogen-bond acceptors (Lipinski definition) is 8. The highest BCUT2D eigenvalue weighted by atomic mass is 35.5. The number of nitrogens with one attached hydrogen (secondary N) is 2. The van der Waals surface area contributed by atoms with Crippen LogP contribution in [-0.2, 0) is 10.1 Å². The summed E-state index contributed by atoms with van der Waals surface area (Å²) in [7, 11) is -4.40. The highest BCUT2D eigenvalue weighted by molar-refractivity contribution is 7.86. The second kappa shape index (κ2) is 7.35. The molecule has 0 unspecified atom stereocenters. The van der Waals surface area contributed by atoms with Crippen LogP contribution in [0.5, 0.6) is 0 Å². The van der Waals surface area contributed by atoms with Crippen LogP contribution < -0.4 is 16.4 Å². The quantitative estimate of drug-likeness (QED) is 0.371. The minimum Gasteiger partial charge on any atom is -0.398 e. The van der Waals surface area contributed by atoms with Crippen molar-refractivity contribution in [2.75, 3.05) is 16.4 Å². The van der Waals surface area contributed by atoms with E-state index < -0.39 is 10.1 Å². The van der Waals surface area contributed by atoms with Crippen LogP contribution in [0, 0.1) is 6.92 Å². The molecule has 5 N–H and O–H groups in total. The number of benzene rings is 2. The highest BCUT2D eigenvalue weighted by Crippen LogP contribution is 2.25. The lowest BCUT2D eigenvalue weighted by molar-refractivity contribution is 0.483. The summed E-state index contributed by atoms with van der Waals surface area (Å²) < 4.78 is 31.5. The third-order valence-electron chi connectivity index (χ3n) is 3.54. The van der Waals surface area contributed by atoms with Gasteiger partial charge < -0.3 is 16.4 Å². The van der Waals surface area contributed by atoms with Crippen molar-refractivity contribution < 1.29 is 13.0 Å². The van der Waals surface area contributed by atoms with Gasteiger partial charge in [0.2, 0.25) is 17.2 Å². The molecule has 0 fully saturated rings. The Morgan fingerprint density at radius 2 is 1.70 bits per heavy atom. The van der Waals surface area contributed by atoms with Crippen molar-refractivity contribution in [2.45, 2.75) is 11.8 Å². The molecule has 27 heavy (non-hydrogen) atoms. The van der Waals surface area contributed by atoms with Crippen molar-refractivity contribution in [1.82, 2.24) is 15.0 Å². The number of halogens is 1. The molecule has 3 rings (SSSR count). The Labute approximate surface area is 160 Å². The fraction of sp³-hybridized carbons (Fsp3) is 0.0625. The predicted octanol–water partition coefficient (Wildman–Crippen LogP) is 3.15. The minimum absolute atomic E-state index is 0.0360. The Bertz CT molecular complexity index is 1110. The molecule has 9 nitrogen and oxygen atoms in total. The van der Waals surface area contributed by atoms with Crippen LogP contribution in [0.25, 0.3) is 0 Å². The molecule has 1 heterocycles. The van der Waals surface area contributed by atoms with Crippen molar-refractivity contribution in [1.29, 1.82) is 0 Å². The number of nitrogens with zero attached hydrogens (tertiary/aromatic N) is 3. The van der Waals surface area contributed by atoms with Crippen LogP contribution in [0.15, 0.2) is 47.4 Å². The van der Waals surface area contributed by atoms with E-state index in [1.54, 1.807) is 0 Å². The van der Waals surface area contributed by atoms with Gasteiger partial charge in [0.1, 0.15) is 4.90 Å². The maximum atomic E-state index is 11.2. The van der Waals surface area contributed by atoms with Gasteiger partial charge in [0.25, 0.3) is 10.1 Å². The number of hydrogen-bond donors (Lipinski definition) is 4. The molecular formula is C16H15ClN6O3S. The largest absolute Gasteiger partial charge is 0.398 e. The lowest BCUT2D eigenvalue weighted by Crippen LogP contribution is -2.06. The van der Waals surface area contributed by atoms with Gasteiger partial charge in [-0.25, -0.2) is 0 Å². The average molecular weight is 407 g/mol. The number of anilines is 5. The SMILES string of the molecule is Cc1ccccc1Nc1nc(Cl)nc(Nc2ccc(S(=O)(=O)O)c(N)c2)n1. The first kappa shape index (κ1) is 18.8. The summed E-state index contributed by atoms with van der Waals surface area (Å²) in [6, 6.07) is 11.5. The van der Waals surface area contributed by atoms with Gasteiger partial charge in [0.05, 0.1) is 5.69 Å². The number of nitrogen functional groups attached to an aromatic ring is 1. The fourth-order valence-electron chi connectivity index (χ4n) is 2.29. The van der Waals surface area contributed by atoms with E-state index in [9.17, 15) is 8.42 Å². The zero-order valence-corrected chi connectivity index (χ0v) is 15.6. The van der Waals surface area contributed by atoms with E-state index in [1.165, 1.54) is 18.2 Å². The number of nitrogens with two attached hydrogens (primary N) is 1. The molecule has 0 saturated heterocycles. The summed E-state index contributed by atoms with van der Waals surface area (Å²) in [6.45, 7) is 1.93. The van der Waals surface area contributed by atoms with Crippen molar-refractivity contribution in [3.05, 3.63) is 53.3 Å². The monoisotopic (exact) mass is 406 g/mol. The van der Waals surface area contributed by atoms with Gasteiger partial charge in [-0.15, -0.1) is 0 Å². The summed E-state index contributed by atoms with van der Waals surface area (Å²) in [6.07, 6.45) is 0. The van der Waals surface area contributed by atoms with Crippen LogP contribution in [0.4, 0.5) is 29.0 Å². The first-order valence-corrected chi connectivity index (χ1v) is 9.42. The molecule has 0 amide bonds. The summed E-state index contributed by atoms with van der Waals surface area (Å²) in [5, 5.41) is 5.88. The zero-order chi connectivity index (χ0) is 19.6. The molecule has 0 saturated carbocycles. The van der Waals surface area contributed by atoms with Gasteiger partial charge in [0.15, 0.2) is 0 Å². The molecule has 0 aliphatic rings. The molecule has 2 aromatic carbocycles. The third kappa shape index (κ3) is 4.61. The van der Waals surface area contributed by atoms with Crippen LogP contribution in [0.1, 0.15) is 5.56 Å². The topological polar surface area (TPSA) is 143 Å². The van der Waals surface area contributed by atoms with E-state index >= 15 is 0 Å². The van der Waals surface area contributed by atoms with Gasteiger partial charge in [-0.05, 0) is 48.4 Å². The molecule has 1 aromatic heterocycles. The van der Waals surface area contributed by atoms with E-state index in [-0.39, 0.29) is 27.8 Å². The standard InChI is InChI=1S/C16H15ClN6O3S/c1-9-4-2-3-5-12(9)20-16-22-14(17)21-15(23-16)19-10-6-7-13(11(18)8-10)27(24,25)26/h2-8H,18H2,1H3,(H,24,25,26)(H2,19,20,21,22,23). The molecule has 0 aliphatic carbocycles. The van der Waals surface area contributed by atoms with Crippen molar-refractivity contribution in [2.24, 2.45) is 0 Å². The second-order valence-corrected chi connectivity index (χ2v) is 7.27. The van der Waals surface area contributed by atoms with E-state index in [4.69, 9.17) is 21.9 Å². The van der Waals surface area contributed by atoms with E-state index in [0.29, 0.717) is 5.69 Å². The fourth-order valence-corrected chi connectivity index (χ4v) is 3.04. The normalized spacial score (nSPS) is 11.2. The van der Waals surface area contributed by atoms with Gasteiger partial charge in [0, 0.05) is 11.4 Å². The molecule has 0 atom stereocenters. The number of aromatic nitrogens is 3. The number of para-hydroxylation sites is 1. The Morgan fingerprint density at radius 1 is 1.04 bits per heavy atom. The lowest BCUT2D eigenvalue weighted by atomic mass is 10.2. The van der Waals surface area contributed by atoms with Crippen molar-refractivity contribution in [3.8, 4) is 0 Å². The molecule has 140 valence electrons. The lowest BCUT2D eigenvalue weighted by Gasteiger charge is -2.11. The van der Waals surface area contributed by atoms with Gasteiger partial charge in [-0.1, -0.05) is 18.2 Å². The summed E-state index contributed by atoms with van der Waals surface area (Å²) >= 11 is 5.96. The molecule has 3 aromatic rings. The molecule has 0 aliphatic heterocycles. The van der Waals surface area contributed by atoms with Gasteiger partial charge >= 0.3 is 0 Å². The Kier molecular flexibility index (Phi) is 5.13. The van der Waals surface area contributed by atoms with Crippen LogP contribution in [0.2, 0.25) is 5.28 Å². The molecular weight excluding hydrogens is 392 g/mol. The van der Waals surface area contributed by atoms with Crippen molar-refractivity contribution >= 4 is 50.7 Å². The minimum atomic E-state index is -4.40.